The number of hydrogen-bond acceptors (Lipinski definition) is 4. The van der Waals surface area contributed by atoms with Gasteiger partial charge < -0.3 is 20.3 Å². The minimum atomic E-state index is -0.142. The van der Waals surface area contributed by atoms with Gasteiger partial charge >= 0.3 is 0 Å². The van der Waals surface area contributed by atoms with Gasteiger partial charge in [-0.15, -0.1) is 0 Å². The third-order valence-corrected chi connectivity index (χ3v) is 4.77. The van der Waals surface area contributed by atoms with E-state index in [0.717, 1.165) is 51.1 Å². The highest BCUT2D eigenvalue weighted by molar-refractivity contribution is 6.02. The van der Waals surface area contributed by atoms with Crippen LogP contribution in [0, 0.1) is 0 Å². The number of carbonyl (C=O) groups is 2. The Hall–Kier alpha value is -2.08. The van der Waals surface area contributed by atoms with Gasteiger partial charge in [0.2, 0.25) is 5.91 Å². The van der Waals surface area contributed by atoms with E-state index in [1.165, 1.54) is 13.3 Å². The van der Waals surface area contributed by atoms with Crippen LogP contribution in [0.2, 0.25) is 0 Å². The van der Waals surface area contributed by atoms with E-state index in [2.05, 4.69) is 15.5 Å². The van der Waals surface area contributed by atoms with Gasteiger partial charge in [0.05, 0.1) is 11.7 Å². The fourth-order valence-electron chi connectivity index (χ4n) is 3.52. The largest absolute Gasteiger partial charge is 0.376 e. The molecule has 136 valence electrons. The molecule has 0 aromatic heterocycles. The molecular weight excluding hydrogens is 318 g/mol. The van der Waals surface area contributed by atoms with E-state index in [0.29, 0.717) is 17.8 Å². The zero-order valence-corrected chi connectivity index (χ0v) is 14.8. The Morgan fingerprint density at radius 1 is 1.20 bits per heavy atom. The summed E-state index contributed by atoms with van der Waals surface area (Å²) in [4.78, 5) is 26.4. The van der Waals surface area contributed by atoms with Crippen LogP contribution >= 0.6 is 0 Å². The molecule has 2 aliphatic rings. The molecule has 2 aliphatic heterocycles. The van der Waals surface area contributed by atoms with Crippen LogP contribution in [0.1, 0.15) is 49.4 Å². The number of hydrogen-bond donors (Lipinski definition) is 2. The first-order valence-corrected chi connectivity index (χ1v) is 9.20. The van der Waals surface area contributed by atoms with Crippen molar-refractivity contribution < 1.29 is 14.3 Å². The van der Waals surface area contributed by atoms with Crippen LogP contribution in [-0.2, 0) is 9.53 Å². The third-order valence-electron chi connectivity index (χ3n) is 4.77. The molecule has 2 amide bonds. The molecule has 0 saturated carbocycles. The summed E-state index contributed by atoms with van der Waals surface area (Å²) in [5, 5.41) is 5.76. The second kappa shape index (κ2) is 8.34. The number of piperidine rings is 1. The minimum Gasteiger partial charge on any atom is -0.376 e. The van der Waals surface area contributed by atoms with E-state index in [9.17, 15) is 9.59 Å². The molecule has 1 atom stereocenters. The van der Waals surface area contributed by atoms with E-state index in [-0.39, 0.29) is 17.9 Å². The lowest BCUT2D eigenvalue weighted by atomic mass is 10.1. The maximum atomic E-state index is 12.8. The fourth-order valence-corrected chi connectivity index (χ4v) is 3.52. The molecule has 6 heteroatoms. The predicted molar refractivity (Wildman–Crippen MR) is 98.1 cm³/mol. The number of rotatable bonds is 5. The molecule has 1 aromatic carbocycles. The molecule has 0 spiro atoms. The number of ether oxygens (including phenoxy) is 1. The zero-order chi connectivity index (χ0) is 17.6. The molecule has 3 rings (SSSR count). The quantitative estimate of drug-likeness (QED) is 0.860. The van der Waals surface area contributed by atoms with Gasteiger partial charge in [0.1, 0.15) is 0 Å². The van der Waals surface area contributed by atoms with Crippen LogP contribution in [-0.4, -0.2) is 44.2 Å². The van der Waals surface area contributed by atoms with Gasteiger partial charge in [-0.3, -0.25) is 9.59 Å². The predicted octanol–water partition coefficient (Wildman–Crippen LogP) is 2.54. The Morgan fingerprint density at radius 2 is 2.00 bits per heavy atom. The van der Waals surface area contributed by atoms with Gasteiger partial charge in [0.25, 0.3) is 5.91 Å². The topological polar surface area (TPSA) is 70.7 Å². The number of benzene rings is 1. The van der Waals surface area contributed by atoms with E-state index in [1.54, 1.807) is 6.07 Å². The molecule has 0 radical (unpaired) electrons. The molecule has 0 unspecified atom stereocenters. The molecule has 2 N–H and O–H groups in total. The van der Waals surface area contributed by atoms with Crippen molar-refractivity contribution in [1.82, 2.24) is 5.32 Å². The van der Waals surface area contributed by atoms with Crippen molar-refractivity contribution >= 4 is 23.2 Å². The number of nitrogens with one attached hydrogen (secondary N) is 2. The van der Waals surface area contributed by atoms with Crippen LogP contribution in [0.25, 0.3) is 0 Å². The summed E-state index contributed by atoms with van der Waals surface area (Å²) in [5.41, 5.74) is 2.21. The maximum Gasteiger partial charge on any atom is 0.253 e. The molecule has 25 heavy (non-hydrogen) atoms. The zero-order valence-electron chi connectivity index (χ0n) is 14.8. The van der Waals surface area contributed by atoms with E-state index < -0.39 is 0 Å². The van der Waals surface area contributed by atoms with Crippen molar-refractivity contribution in [3.05, 3.63) is 23.8 Å². The number of nitrogens with zero attached hydrogens (tertiary/aromatic N) is 1. The maximum absolute atomic E-state index is 12.8. The smallest absolute Gasteiger partial charge is 0.253 e. The number of carbonyl (C=O) groups excluding carboxylic acids is 2. The fraction of sp³-hybridized carbons (Fsp3) is 0.579. The summed E-state index contributed by atoms with van der Waals surface area (Å²) in [5.74, 6) is -0.250. The Bertz CT molecular complexity index is 620. The Labute approximate surface area is 148 Å². The SMILES string of the molecule is CC(=O)Nc1ccc(N2CCCCC2)c(C(=O)NC[C@H]2CCCO2)c1. The van der Waals surface area contributed by atoms with Gasteiger partial charge in [-0.1, -0.05) is 0 Å². The highest BCUT2D eigenvalue weighted by Gasteiger charge is 2.21. The molecule has 0 bridgehead atoms. The van der Waals surface area contributed by atoms with Gasteiger partial charge in [0, 0.05) is 44.5 Å². The molecule has 1 aromatic rings. The van der Waals surface area contributed by atoms with E-state index in [1.807, 2.05) is 12.1 Å². The van der Waals surface area contributed by atoms with Gasteiger partial charge in [-0.05, 0) is 50.3 Å². The highest BCUT2D eigenvalue weighted by Crippen LogP contribution is 2.27. The van der Waals surface area contributed by atoms with Crippen LogP contribution in [0.4, 0.5) is 11.4 Å². The third kappa shape index (κ3) is 4.72. The van der Waals surface area contributed by atoms with Crippen molar-refractivity contribution in [2.75, 3.05) is 36.5 Å². The standard InChI is InChI=1S/C19H27N3O3/c1-14(23)21-15-7-8-18(22-9-3-2-4-10-22)17(12-15)19(24)20-13-16-6-5-11-25-16/h7-8,12,16H,2-6,9-11,13H2,1H3,(H,20,24)(H,21,23)/t16-/m1/s1. The summed E-state index contributed by atoms with van der Waals surface area (Å²) in [6, 6.07) is 5.58. The van der Waals surface area contributed by atoms with Crippen LogP contribution in [0.15, 0.2) is 18.2 Å². The number of amides is 2. The molecular formula is C19H27N3O3. The van der Waals surface area contributed by atoms with Crippen molar-refractivity contribution in [2.24, 2.45) is 0 Å². The highest BCUT2D eigenvalue weighted by atomic mass is 16.5. The average molecular weight is 345 g/mol. The second-order valence-corrected chi connectivity index (χ2v) is 6.81. The lowest BCUT2D eigenvalue weighted by Crippen LogP contribution is -2.35. The van der Waals surface area contributed by atoms with Crippen LogP contribution in [0.3, 0.4) is 0 Å². The van der Waals surface area contributed by atoms with Crippen molar-refractivity contribution in [2.45, 2.75) is 45.1 Å². The van der Waals surface area contributed by atoms with Crippen molar-refractivity contribution in [3.63, 3.8) is 0 Å². The first kappa shape index (κ1) is 17.7. The average Bonchev–Trinajstić information content (AvgIpc) is 3.13. The van der Waals surface area contributed by atoms with Gasteiger partial charge in [0.15, 0.2) is 0 Å². The van der Waals surface area contributed by atoms with E-state index in [4.69, 9.17) is 4.74 Å². The summed E-state index contributed by atoms with van der Waals surface area (Å²) in [6.45, 7) is 4.70. The normalized spacial score (nSPS) is 20.4. The molecule has 2 saturated heterocycles. The second-order valence-electron chi connectivity index (χ2n) is 6.81. The monoisotopic (exact) mass is 345 g/mol. The minimum absolute atomic E-state index is 0.108. The molecule has 2 fully saturated rings. The van der Waals surface area contributed by atoms with Gasteiger partial charge in [-0.25, -0.2) is 0 Å². The molecule has 0 aliphatic carbocycles. The van der Waals surface area contributed by atoms with E-state index >= 15 is 0 Å². The number of anilines is 2. The lowest BCUT2D eigenvalue weighted by molar-refractivity contribution is -0.114. The Morgan fingerprint density at radius 3 is 2.68 bits per heavy atom. The Balaban J connectivity index is 1.78. The summed E-state index contributed by atoms with van der Waals surface area (Å²) in [7, 11) is 0. The van der Waals surface area contributed by atoms with Crippen LogP contribution in [0.5, 0.6) is 0 Å². The molecule has 6 nitrogen and oxygen atoms in total. The lowest BCUT2D eigenvalue weighted by Gasteiger charge is -2.30. The van der Waals surface area contributed by atoms with Crippen molar-refractivity contribution in [1.29, 1.82) is 0 Å². The van der Waals surface area contributed by atoms with Crippen molar-refractivity contribution in [3.8, 4) is 0 Å². The van der Waals surface area contributed by atoms with Crippen LogP contribution < -0.4 is 15.5 Å². The Kier molecular flexibility index (Phi) is 5.91. The summed E-state index contributed by atoms with van der Waals surface area (Å²) >= 11 is 0. The first-order chi connectivity index (χ1) is 12.1. The summed E-state index contributed by atoms with van der Waals surface area (Å²) in [6.07, 6.45) is 5.68. The molecule has 2 heterocycles. The summed E-state index contributed by atoms with van der Waals surface area (Å²) < 4.78 is 5.58. The first-order valence-electron chi connectivity index (χ1n) is 9.20. The van der Waals surface area contributed by atoms with Gasteiger partial charge in [-0.2, -0.15) is 0 Å².